The van der Waals surface area contributed by atoms with Gasteiger partial charge >= 0.3 is 0 Å². The summed E-state index contributed by atoms with van der Waals surface area (Å²) in [5.74, 6) is 0.470. The van der Waals surface area contributed by atoms with E-state index in [0.29, 0.717) is 21.8 Å². The van der Waals surface area contributed by atoms with E-state index in [9.17, 15) is 9.59 Å². The molecule has 3 aromatic rings. The zero-order chi connectivity index (χ0) is 20.7. The monoisotopic (exact) mass is 418 g/mol. The molecule has 0 aliphatic heterocycles. The van der Waals surface area contributed by atoms with Gasteiger partial charge in [0.2, 0.25) is 0 Å². The normalized spacial score (nSPS) is 15.6. The van der Waals surface area contributed by atoms with Crippen molar-refractivity contribution in [2.24, 2.45) is 7.05 Å². The van der Waals surface area contributed by atoms with Gasteiger partial charge in [-0.1, -0.05) is 23.9 Å². The Morgan fingerprint density at radius 1 is 1.00 bits per heavy atom. The fourth-order valence-corrected chi connectivity index (χ4v) is 5.87. The zero-order valence-corrected chi connectivity index (χ0v) is 18.2. The summed E-state index contributed by atoms with van der Waals surface area (Å²) in [5.41, 5.74) is 7.24. The average Bonchev–Trinajstić information content (AvgIpc) is 2.79. The topological polar surface area (TPSA) is 52.0 Å². The molecule has 4 nitrogen and oxygen atoms in total. The third-order valence-corrected chi connectivity index (χ3v) is 7.59. The summed E-state index contributed by atoms with van der Waals surface area (Å²) < 4.78 is 1.56. The van der Waals surface area contributed by atoms with Crippen LogP contribution in [0.15, 0.2) is 40.3 Å². The number of aryl methyl sites for hydroxylation is 1. The molecule has 0 saturated carbocycles. The van der Waals surface area contributed by atoms with Gasteiger partial charge in [-0.2, -0.15) is 0 Å². The number of fused-ring (bicyclic) bond motifs is 4. The summed E-state index contributed by atoms with van der Waals surface area (Å²) in [5, 5.41) is 1.21. The Labute approximate surface area is 180 Å². The number of carbonyl (C=O) groups excluding carboxylic acids is 1. The lowest BCUT2D eigenvalue weighted by atomic mass is 9.78. The predicted octanol–water partition coefficient (Wildman–Crippen LogP) is 4.67. The smallest absolute Gasteiger partial charge is 0.261 e. The van der Waals surface area contributed by atoms with Gasteiger partial charge in [0.15, 0.2) is 10.9 Å². The zero-order valence-electron chi connectivity index (χ0n) is 17.4. The maximum atomic E-state index is 13.3. The molecule has 0 atom stereocenters. The number of nitrogens with zero attached hydrogens (tertiary/aromatic N) is 2. The molecule has 2 aliphatic rings. The van der Waals surface area contributed by atoms with Gasteiger partial charge in [0.1, 0.15) is 0 Å². The van der Waals surface area contributed by atoms with E-state index in [4.69, 9.17) is 0 Å². The van der Waals surface area contributed by atoms with Crippen molar-refractivity contribution in [2.45, 2.75) is 56.5 Å². The van der Waals surface area contributed by atoms with Gasteiger partial charge in [-0.3, -0.25) is 14.2 Å². The van der Waals surface area contributed by atoms with Crippen molar-refractivity contribution in [1.82, 2.24) is 9.55 Å². The molecule has 2 aliphatic carbocycles. The van der Waals surface area contributed by atoms with E-state index in [2.05, 4.69) is 11.1 Å². The quantitative estimate of drug-likeness (QED) is 0.351. The molecule has 0 saturated heterocycles. The molecule has 0 radical (unpaired) electrons. The van der Waals surface area contributed by atoms with E-state index < -0.39 is 0 Å². The van der Waals surface area contributed by atoms with Gasteiger partial charge in [-0.15, -0.1) is 0 Å². The van der Waals surface area contributed by atoms with E-state index in [1.165, 1.54) is 60.6 Å². The SMILES string of the molecule is Cn1c(SCC(=O)c2cc3c(c4c2CCCC4)CCCC3)nc2ccccc2c1=O. The highest BCUT2D eigenvalue weighted by Gasteiger charge is 2.25. The molecule has 0 N–H and O–H groups in total. The summed E-state index contributed by atoms with van der Waals surface area (Å²) in [6.07, 6.45) is 9.28. The molecule has 5 rings (SSSR count). The lowest BCUT2D eigenvalue weighted by Crippen LogP contribution is -2.21. The summed E-state index contributed by atoms with van der Waals surface area (Å²) in [6.45, 7) is 0. The summed E-state index contributed by atoms with van der Waals surface area (Å²) in [4.78, 5) is 30.6. The second kappa shape index (κ2) is 8.03. The van der Waals surface area contributed by atoms with Gasteiger partial charge < -0.3 is 0 Å². The molecule has 0 fully saturated rings. The second-order valence-electron chi connectivity index (χ2n) is 8.42. The van der Waals surface area contributed by atoms with E-state index in [1.54, 1.807) is 23.2 Å². The third kappa shape index (κ3) is 3.39. The van der Waals surface area contributed by atoms with Crippen LogP contribution in [0.3, 0.4) is 0 Å². The molecule has 0 unspecified atom stereocenters. The lowest BCUT2D eigenvalue weighted by molar-refractivity contribution is 0.102. The molecule has 1 heterocycles. The van der Waals surface area contributed by atoms with Crippen LogP contribution in [-0.4, -0.2) is 21.1 Å². The highest BCUT2D eigenvalue weighted by molar-refractivity contribution is 7.99. The summed E-state index contributed by atoms with van der Waals surface area (Å²) in [6, 6.07) is 9.56. The van der Waals surface area contributed by atoms with Crippen LogP contribution < -0.4 is 5.56 Å². The molecular weight excluding hydrogens is 392 g/mol. The van der Waals surface area contributed by atoms with E-state index in [0.717, 1.165) is 24.8 Å². The van der Waals surface area contributed by atoms with E-state index in [1.807, 2.05) is 18.2 Å². The van der Waals surface area contributed by atoms with E-state index >= 15 is 0 Å². The van der Waals surface area contributed by atoms with Crippen molar-refractivity contribution in [2.75, 3.05) is 5.75 Å². The second-order valence-corrected chi connectivity index (χ2v) is 9.36. The lowest BCUT2D eigenvalue weighted by Gasteiger charge is -2.27. The number of rotatable bonds is 4. The number of Topliss-reactive ketones (excluding diaryl/α,β-unsaturated/α-hetero) is 1. The first-order chi connectivity index (χ1) is 14.6. The van der Waals surface area contributed by atoms with Crippen molar-refractivity contribution in [3.63, 3.8) is 0 Å². The van der Waals surface area contributed by atoms with Crippen LogP contribution >= 0.6 is 11.8 Å². The third-order valence-electron chi connectivity index (χ3n) is 6.56. The van der Waals surface area contributed by atoms with E-state index in [-0.39, 0.29) is 11.3 Å². The molecule has 2 aromatic carbocycles. The Morgan fingerprint density at radius 2 is 1.70 bits per heavy atom. The Kier molecular flexibility index (Phi) is 5.23. The van der Waals surface area contributed by atoms with Crippen LogP contribution in [0.4, 0.5) is 0 Å². The van der Waals surface area contributed by atoms with Gasteiger partial charge in [0.25, 0.3) is 5.56 Å². The summed E-state index contributed by atoms with van der Waals surface area (Å²) >= 11 is 1.37. The average molecular weight is 419 g/mol. The molecule has 0 spiro atoms. The fraction of sp³-hybridized carbons (Fsp3) is 0.400. The predicted molar refractivity (Wildman–Crippen MR) is 122 cm³/mol. The van der Waals surface area contributed by atoms with Gasteiger partial charge in [0, 0.05) is 12.6 Å². The number of carbonyl (C=O) groups is 1. The number of para-hydroxylation sites is 1. The minimum absolute atomic E-state index is 0.0679. The Balaban J connectivity index is 1.46. The van der Waals surface area contributed by atoms with Crippen LogP contribution in [0.25, 0.3) is 10.9 Å². The molecule has 0 amide bonds. The van der Waals surface area contributed by atoms with Crippen LogP contribution in [0.1, 0.15) is 58.3 Å². The van der Waals surface area contributed by atoms with Gasteiger partial charge in [-0.05, 0) is 91.8 Å². The minimum Gasteiger partial charge on any atom is -0.293 e. The molecule has 30 heavy (non-hydrogen) atoms. The Hall–Kier alpha value is -2.40. The van der Waals surface area contributed by atoms with Crippen LogP contribution in [0.2, 0.25) is 0 Å². The first-order valence-corrected chi connectivity index (χ1v) is 11.9. The number of aromatic nitrogens is 2. The van der Waals surface area contributed by atoms with Crippen molar-refractivity contribution < 1.29 is 4.79 Å². The summed E-state index contributed by atoms with van der Waals surface area (Å²) in [7, 11) is 1.73. The number of thioether (sulfide) groups is 1. The molecule has 0 bridgehead atoms. The fourth-order valence-electron chi connectivity index (χ4n) is 5.01. The Bertz CT molecular complexity index is 1210. The maximum absolute atomic E-state index is 13.3. The van der Waals surface area contributed by atoms with Crippen molar-refractivity contribution >= 4 is 28.4 Å². The molecule has 5 heteroatoms. The van der Waals surface area contributed by atoms with Gasteiger partial charge in [-0.25, -0.2) is 4.98 Å². The van der Waals surface area contributed by atoms with Crippen LogP contribution in [-0.2, 0) is 32.7 Å². The first-order valence-electron chi connectivity index (χ1n) is 10.9. The first kappa shape index (κ1) is 19.6. The van der Waals surface area contributed by atoms with Crippen LogP contribution in [0.5, 0.6) is 0 Å². The molecule has 154 valence electrons. The molecular formula is C25H26N2O2S. The van der Waals surface area contributed by atoms with Crippen molar-refractivity contribution in [3.05, 3.63) is 68.5 Å². The highest BCUT2D eigenvalue weighted by atomic mass is 32.2. The molecule has 1 aromatic heterocycles. The Morgan fingerprint density at radius 3 is 2.53 bits per heavy atom. The number of hydrogen-bond acceptors (Lipinski definition) is 4. The van der Waals surface area contributed by atoms with Crippen LogP contribution in [0, 0.1) is 0 Å². The van der Waals surface area contributed by atoms with Gasteiger partial charge in [0.05, 0.1) is 16.7 Å². The maximum Gasteiger partial charge on any atom is 0.261 e. The van der Waals surface area contributed by atoms with Crippen molar-refractivity contribution in [3.8, 4) is 0 Å². The highest BCUT2D eigenvalue weighted by Crippen LogP contribution is 2.35. The number of hydrogen-bond donors (Lipinski definition) is 0. The number of benzene rings is 2. The van der Waals surface area contributed by atoms with Crippen molar-refractivity contribution in [1.29, 1.82) is 0 Å². The standard InChI is InChI=1S/C25H26N2O2S/c1-27-24(29)20-12-6-7-13-22(20)26-25(27)30-15-23(28)21-14-16-8-2-3-9-17(16)18-10-4-5-11-19(18)21/h6-7,12-14H,2-5,8-11,15H2,1H3. The minimum atomic E-state index is -0.0679. The largest absolute Gasteiger partial charge is 0.293 e. The number of ketones is 1.